The van der Waals surface area contributed by atoms with Crippen LogP contribution in [-0.4, -0.2) is 41.1 Å². The molecule has 1 heterocycles. The molecule has 0 amide bonds. The van der Waals surface area contributed by atoms with Gasteiger partial charge in [-0.15, -0.1) is 0 Å². The van der Waals surface area contributed by atoms with E-state index in [0.717, 1.165) is 17.9 Å². The summed E-state index contributed by atoms with van der Waals surface area (Å²) in [6.07, 6.45) is -0.368. The lowest BCUT2D eigenvalue weighted by Crippen LogP contribution is -2.43. The van der Waals surface area contributed by atoms with Crippen molar-refractivity contribution in [1.82, 2.24) is 4.90 Å². The quantitative estimate of drug-likeness (QED) is 0.873. The van der Waals surface area contributed by atoms with Crippen LogP contribution in [-0.2, 0) is 0 Å². The lowest BCUT2D eigenvalue weighted by atomic mass is 9.95. The second-order valence-corrected chi connectivity index (χ2v) is 6.01. The van der Waals surface area contributed by atoms with Gasteiger partial charge in [-0.05, 0) is 37.6 Å². The van der Waals surface area contributed by atoms with Gasteiger partial charge in [0.1, 0.15) is 0 Å². The van der Waals surface area contributed by atoms with Gasteiger partial charge in [-0.3, -0.25) is 4.90 Å². The SMILES string of the molecule is Cc1cccc(C(O)C2CSCCN2C)c1C. The van der Waals surface area contributed by atoms with Gasteiger partial charge in [0.25, 0.3) is 0 Å². The van der Waals surface area contributed by atoms with E-state index in [1.165, 1.54) is 16.9 Å². The Hall–Kier alpha value is -0.510. The van der Waals surface area contributed by atoms with E-state index in [9.17, 15) is 5.11 Å². The van der Waals surface area contributed by atoms with E-state index in [1.807, 2.05) is 17.8 Å². The molecule has 2 nitrogen and oxygen atoms in total. The van der Waals surface area contributed by atoms with Crippen LogP contribution in [0.25, 0.3) is 0 Å². The first-order valence-electron chi connectivity index (χ1n) is 6.13. The van der Waals surface area contributed by atoms with Crippen molar-refractivity contribution in [1.29, 1.82) is 0 Å². The fourth-order valence-corrected chi connectivity index (χ4v) is 3.60. The van der Waals surface area contributed by atoms with Crippen molar-refractivity contribution in [3.05, 3.63) is 34.9 Å². The minimum absolute atomic E-state index is 0.245. The summed E-state index contributed by atoms with van der Waals surface area (Å²) in [6, 6.07) is 6.44. The zero-order chi connectivity index (χ0) is 12.4. The number of thioether (sulfide) groups is 1. The Morgan fingerprint density at radius 1 is 1.41 bits per heavy atom. The first-order valence-corrected chi connectivity index (χ1v) is 7.29. The van der Waals surface area contributed by atoms with Crippen LogP contribution < -0.4 is 0 Å². The Kier molecular flexibility index (Phi) is 4.13. The van der Waals surface area contributed by atoms with Gasteiger partial charge in [-0.1, -0.05) is 18.2 Å². The van der Waals surface area contributed by atoms with Crippen molar-refractivity contribution >= 4 is 11.8 Å². The Morgan fingerprint density at radius 2 is 2.18 bits per heavy atom. The van der Waals surface area contributed by atoms with E-state index in [-0.39, 0.29) is 12.1 Å². The molecule has 2 atom stereocenters. The third-order valence-electron chi connectivity index (χ3n) is 3.77. The minimum Gasteiger partial charge on any atom is -0.387 e. The highest BCUT2D eigenvalue weighted by Crippen LogP contribution is 2.29. The van der Waals surface area contributed by atoms with Gasteiger partial charge in [-0.2, -0.15) is 11.8 Å². The molecule has 3 heteroatoms. The lowest BCUT2D eigenvalue weighted by Gasteiger charge is -2.36. The van der Waals surface area contributed by atoms with Gasteiger partial charge in [0.2, 0.25) is 0 Å². The monoisotopic (exact) mass is 251 g/mol. The molecule has 1 N–H and O–H groups in total. The van der Waals surface area contributed by atoms with E-state index >= 15 is 0 Å². The lowest BCUT2D eigenvalue weighted by molar-refractivity contribution is 0.0753. The Morgan fingerprint density at radius 3 is 2.88 bits per heavy atom. The molecule has 17 heavy (non-hydrogen) atoms. The van der Waals surface area contributed by atoms with Gasteiger partial charge in [0, 0.05) is 24.1 Å². The second-order valence-electron chi connectivity index (χ2n) is 4.86. The van der Waals surface area contributed by atoms with Crippen LogP contribution >= 0.6 is 11.8 Å². The van der Waals surface area contributed by atoms with Gasteiger partial charge < -0.3 is 5.11 Å². The third kappa shape index (κ3) is 2.67. The maximum absolute atomic E-state index is 10.6. The second kappa shape index (κ2) is 5.42. The van der Waals surface area contributed by atoms with E-state index in [1.54, 1.807) is 0 Å². The molecule has 0 saturated carbocycles. The fourth-order valence-electron chi connectivity index (χ4n) is 2.34. The zero-order valence-electron chi connectivity index (χ0n) is 10.8. The molecule has 1 aliphatic rings. The number of aryl methyl sites for hydroxylation is 1. The fraction of sp³-hybridized carbons (Fsp3) is 0.571. The number of aliphatic hydroxyl groups excluding tert-OH is 1. The van der Waals surface area contributed by atoms with Crippen LogP contribution in [0.15, 0.2) is 18.2 Å². The van der Waals surface area contributed by atoms with Crippen LogP contribution in [0.3, 0.4) is 0 Å². The molecular weight excluding hydrogens is 230 g/mol. The average Bonchev–Trinajstić information content (AvgIpc) is 2.32. The molecule has 0 spiro atoms. The van der Waals surface area contributed by atoms with Gasteiger partial charge in [-0.25, -0.2) is 0 Å². The van der Waals surface area contributed by atoms with Crippen molar-refractivity contribution in [2.75, 3.05) is 25.1 Å². The standard InChI is InChI=1S/C14H21NOS/c1-10-5-4-6-12(11(10)2)14(16)13-9-17-8-7-15(13)3/h4-6,13-14,16H,7-9H2,1-3H3. The molecule has 0 aromatic heterocycles. The molecule has 1 aliphatic heterocycles. The maximum Gasteiger partial charge on any atom is 0.0955 e. The summed E-state index contributed by atoms with van der Waals surface area (Å²) in [5.74, 6) is 2.19. The summed E-state index contributed by atoms with van der Waals surface area (Å²) >= 11 is 1.94. The first kappa shape index (κ1) is 12.9. The molecule has 1 saturated heterocycles. The van der Waals surface area contributed by atoms with Crippen molar-refractivity contribution in [2.24, 2.45) is 0 Å². The molecule has 2 unspecified atom stereocenters. The predicted molar refractivity (Wildman–Crippen MR) is 74.6 cm³/mol. The molecule has 0 bridgehead atoms. The average molecular weight is 251 g/mol. The molecule has 0 aliphatic carbocycles. The third-order valence-corrected chi connectivity index (χ3v) is 4.82. The molecular formula is C14H21NOS. The number of hydrogen-bond acceptors (Lipinski definition) is 3. The molecule has 2 rings (SSSR count). The smallest absolute Gasteiger partial charge is 0.0955 e. The number of benzene rings is 1. The minimum atomic E-state index is -0.368. The summed E-state index contributed by atoms with van der Waals surface area (Å²) in [4.78, 5) is 2.28. The Labute approximate surface area is 108 Å². The Balaban J connectivity index is 2.23. The Bertz CT molecular complexity index is 394. The maximum atomic E-state index is 10.6. The molecule has 94 valence electrons. The number of aliphatic hydroxyl groups is 1. The summed E-state index contributed by atoms with van der Waals surface area (Å²) in [7, 11) is 2.11. The number of rotatable bonds is 2. The van der Waals surface area contributed by atoms with E-state index in [2.05, 4.69) is 37.9 Å². The predicted octanol–water partition coefficient (Wildman–Crippen LogP) is 2.38. The van der Waals surface area contributed by atoms with E-state index in [4.69, 9.17) is 0 Å². The number of nitrogens with zero attached hydrogens (tertiary/aromatic N) is 1. The van der Waals surface area contributed by atoms with Crippen LogP contribution in [0.1, 0.15) is 22.8 Å². The number of hydrogen-bond donors (Lipinski definition) is 1. The zero-order valence-corrected chi connectivity index (χ0v) is 11.6. The van der Waals surface area contributed by atoms with Crippen LogP contribution in [0.2, 0.25) is 0 Å². The summed E-state index contributed by atoms with van der Waals surface area (Å²) in [5.41, 5.74) is 3.57. The van der Waals surface area contributed by atoms with Crippen molar-refractivity contribution in [2.45, 2.75) is 26.0 Å². The highest BCUT2D eigenvalue weighted by molar-refractivity contribution is 7.99. The van der Waals surface area contributed by atoms with Gasteiger partial charge >= 0.3 is 0 Å². The van der Waals surface area contributed by atoms with Crippen LogP contribution in [0.4, 0.5) is 0 Å². The summed E-state index contributed by atoms with van der Waals surface area (Å²) < 4.78 is 0. The van der Waals surface area contributed by atoms with Crippen LogP contribution in [0, 0.1) is 13.8 Å². The largest absolute Gasteiger partial charge is 0.387 e. The van der Waals surface area contributed by atoms with Crippen molar-refractivity contribution in [3.63, 3.8) is 0 Å². The topological polar surface area (TPSA) is 23.5 Å². The molecule has 1 fully saturated rings. The van der Waals surface area contributed by atoms with E-state index in [0.29, 0.717) is 0 Å². The molecule has 1 aromatic rings. The van der Waals surface area contributed by atoms with E-state index < -0.39 is 0 Å². The van der Waals surface area contributed by atoms with Gasteiger partial charge in [0.05, 0.1) is 6.10 Å². The number of likely N-dealkylation sites (N-methyl/N-ethyl adjacent to an activating group) is 1. The highest BCUT2D eigenvalue weighted by Gasteiger charge is 2.28. The summed E-state index contributed by atoms with van der Waals surface area (Å²) in [5, 5.41) is 10.6. The van der Waals surface area contributed by atoms with Gasteiger partial charge in [0.15, 0.2) is 0 Å². The highest BCUT2D eigenvalue weighted by atomic mass is 32.2. The van der Waals surface area contributed by atoms with Crippen LogP contribution in [0.5, 0.6) is 0 Å². The molecule has 0 radical (unpaired) electrons. The van der Waals surface area contributed by atoms with Crippen molar-refractivity contribution < 1.29 is 5.11 Å². The summed E-state index contributed by atoms with van der Waals surface area (Å²) in [6.45, 7) is 5.27. The first-order chi connectivity index (χ1) is 8.11. The normalized spacial score (nSPS) is 23.6. The molecule has 1 aromatic carbocycles. The van der Waals surface area contributed by atoms with Crippen molar-refractivity contribution in [3.8, 4) is 0 Å².